The van der Waals surface area contributed by atoms with E-state index in [1.807, 2.05) is 57.4 Å². The Kier molecular flexibility index (Phi) is 7.68. The molecule has 6 rings (SSSR count). The van der Waals surface area contributed by atoms with Crippen molar-refractivity contribution in [1.29, 1.82) is 0 Å². The van der Waals surface area contributed by atoms with E-state index < -0.39 is 17.3 Å². The Morgan fingerprint density at radius 1 is 1.18 bits per heavy atom. The van der Waals surface area contributed by atoms with Gasteiger partial charge in [-0.25, -0.2) is 9.37 Å². The summed E-state index contributed by atoms with van der Waals surface area (Å²) in [4.78, 5) is 30.4. The first kappa shape index (κ1) is 30.1. The van der Waals surface area contributed by atoms with Crippen molar-refractivity contribution < 1.29 is 18.7 Å². The maximum atomic E-state index is 15.5. The monoisotopic (exact) mass is 635 g/mol. The van der Waals surface area contributed by atoms with Gasteiger partial charge in [0.1, 0.15) is 0 Å². The highest BCUT2D eigenvalue weighted by Crippen LogP contribution is 2.53. The van der Waals surface area contributed by atoms with Crippen molar-refractivity contribution in [2.75, 3.05) is 26.0 Å². The molecule has 1 aromatic heterocycles. The van der Waals surface area contributed by atoms with Crippen LogP contribution in [-0.4, -0.2) is 47.3 Å². The molecule has 4 aromatic rings. The zero-order chi connectivity index (χ0) is 31.5. The Hall–Kier alpha value is -3.92. The first-order valence-electron chi connectivity index (χ1n) is 14.3. The fourth-order valence-electron chi connectivity index (χ4n) is 6.56. The summed E-state index contributed by atoms with van der Waals surface area (Å²) >= 11 is 13.7. The maximum absolute atomic E-state index is 15.5. The molecule has 2 aliphatic rings. The number of primary amides is 1. The number of carbonyl (C=O) groups is 2. The average molecular weight is 637 g/mol. The van der Waals surface area contributed by atoms with Crippen LogP contribution < -0.4 is 15.8 Å². The molecule has 0 spiro atoms. The minimum absolute atomic E-state index is 0.0467. The number of nitrogens with one attached hydrogen (secondary N) is 1. The first-order valence-corrected chi connectivity index (χ1v) is 15.0. The number of anilines is 1. The van der Waals surface area contributed by atoms with Crippen LogP contribution in [-0.2, 0) is 19.0 Å². The summed E-state index contributed by atoms with van der Waals surface area (Å²) in [6.45, 7) is 2.79. The van der Waals surface area contributed by atoms with E-state index in [4.69, 9.17) is 33.7 Å². The van der Waals surface area contributed by atoms with Crippen molar-refractivity contribution in [1.82, 2.24) is 14.5 Å². The Morgan fingerprint density at radius 3 is 2.55 bits per heavy atom. The molecule has 1 atom stereocenters. The number of rotatable bonds is 8. The zero-order valence-electron chi connectivity index (χ0n) is 24.8. The van der Waals surface area contributed by atoms with Gasteiger partial charge in [-0.3, -0.25) is 14.5 Å². The van der Waals surface area contributed by atoms with Crippen molar-refractivity contribution >= 4 is 41.1 Å². The predicted molar refractivity (Wildman–Crippen MR) is 169 cm³/mol. The lowest BCUT2D eigenvalue weighted by Crippen LogP contribution is -2.33. The number of benzene rings is 3. The molecule has 8 nitrogen and oxygen atoms in total. The number of fused-ring (bicyclic) bond motifs is 1. The second-order valence-corrected chi connectivity index (χ2v) is 12.3. The Labute approximate surface area is 264 Å². The van der Waals surface area contributed by atoms with Crippen molar-refractivity contribution in [3.05, 3.63) is 97.8 Å². The number of carbonyl (C=O) groups excluding carboxylic acids is 2. The van der Waals surface area contributed by atoms with Gasteiger partial charge in [0.15, 0.2) is 23.7 Å². The fourth-order valence-corrected chi connectivity index (χ4v) is 7.14. The first-order chi connectivity index (χ1) is 21.0. The lowest BCUT2D eigenvalue weighted by molar-refractivity contribution is 0.0986. The van der Waals surface area contributed by atoms with E-state index in [1.165, 1.54) is 13.2 Å². The number of hydrogen-bond donors (Lipinski definition) is 2. The number of nitrogens with two attached hydrogens (primary N) is 1. The number of imidazole rings is 1. The summed E-state index contributed by atoms with van der Waals surface area (Å²) in [6.07, 6.45) is 2.78. The van der Waals surface area contributed by atoms with Crippen LogP contribution in [0.4, 0.5) is 10.1 Å². The third-order valence-electron chi connectivity index (χ3n) is 8.98. The number of ether oxygens (including phenoxy) is 1. The summed E-state index contributed by atoms with van der Waals surface area (Å²) in [5.74, 6) is -1.20. The summed E-state index contributed by atoms with van der Waals surface area (Å²) < 4.78 is 22.5. The van der Waals surface area contributed by atoms with Crippen LogP contribution in [0.15, 0.2) is 42.5 Å². The van der Waals surface area contributed by atoms with E-state index in [9.17, 15) is 9.59 Å². The van der Waals surface area contributed by atoms with Gasteiger partial charge in [-0.2, -0.15) is 0 Å². The van der Waals surface area contributed by atoms with E-state index >= 15 is 4.39 Å². The molecule has 1 aliphatic heterocycles. The molecule has 0 bridgehead atoms. The van der Waals surface area contributed by atoms with Gasteiger partial charge in [0.05, 0.1) is 45.7 Å². The van der Waals surface area contributed by atoms with Crippen molar-refractivity contribution in [2.45, 2.75) is 37.8 Å². The highest BCUT2D eigenvalue weighted by Gasteiger charge is 2.47. The molecule has 1 saturated carbocycles. The Bertz CT molecular complexity index is 1830. The number of amides is 1. The Morgan fingerprint density at radius 2 is 1.89 bits per heavy atom. The minimum atomic E-state index is -0.706. The van der Waals surface area contributed by atoms with Gasteiger partial charge in [-0.05, 0) is 55.1 Å². The number of likely N-dealkylation sites (N-methyl/N-ethyl adjacent to an activating group) is 1. The van der Waals surface area contributed by atoms with Crippen LogP contribution in [0.2, 0.25) is 10.0 Å². The summed E-state index contributed by atoms with van der Waals surface area (Å²) in [5.41, 5.74) is 11.6. The van der Waals surface area contributed by atoms with Gasteiger partial charge in [-0.1, -0.05) is 59.6 Å². The molecular weight excluding hydrogens is 604 g/mol. The smallest absolute Gasteiger partial charge is 0.284 e. The number of methoxy groups -OCH3 is 1. The normalized spacial score (nSPS) is 17.2. The predicted octanol–water partition coefficient (Wildman–Crippen LogP) is 6.44. The number of aromatic nitrogens is 2. The van der Waals surface area contributed by atoms with E-state index in [1.54, 1.807) is 4.57 Å². The molecule has 0 radical (unpaired) electrons. The van der Waals surface area contributed by atoms with Crippen LogP contribution in [0.25, 0.3) is 11.1 Å². The average Bonchev–Trinajstić information content (AvgIpc) is 3.70. The third kappa shape index (κ3) is 4.74. The second kappa shape index (κ2) is 11.2. The third-order valence-corrected chi connectivity index (χ3v) is 9.70. The molecule has 11 heteroatoms. The van der Waals surface area contributed by atoms with Gasteiger partial charge in [-0.15, -0.1) is 0 Å². The second-order valence-electron chi connectivity index (χ2n) is 11.5. The van der Waals surface area contributed by atoms with Crippen LogP contribution in [0.3, 0.4) is 0 Å². The molecular formula is C33H32Cl2FN5O3. The van der Waals surface area contributed by atoms with E-state index in [-0.39, 0.29) is 33.9 Å². The molecule has 3 aromatic carbocycles. The topological polar surface area (TPSA) is 102 Å². The number of nitrogens with zero attached hydrogens (tertiary/aromatic N) is 3. The quantitative estimate of drug-likeness (QED) is 0.216. The maximum Gasteiger partial charge on any atom is 0.284 e. The molecule has 1 fully saturated rings. The lowest BCUT2D eigenvalue weighted by atomic mass is 9.89. The van der Waals surface area contributed by atoms with Gasteiger partial charge in [0, 0.05) is 31.3 Å². The Balaban J connectivity index is 1.41. The summed E-state index contributed by atoms with van der Waals surface area (Å²) in [7, 11) is 5.15. The van der Waals surface area contributed by atoms with Gasteiger partial charge in [0.25, 0.3) is 5.91 Å². The van der Waals surface area contributed by atoms with E-state index in [0.29, 0.717) is 11.3 Å². The SMILES string of the molecule is COc1c(C=O)cc(Cl)c(NC2(c3cccc(-c4cccc(C5c6nc(C(N)=O)n(C)c6CCN5C)c4Cl)c3C)CC2)c1F. The number of aldehydes is 1. The summed E-state index contributed by atoms with van der Waals surface area (Å²) in [6, 6.07) is 13.1. The highest BCUT2D eigenvalue weighted by molar-refractivity contribution is 6.34. The molecule has 3 N–H and O–H groups in total. The number of halogens is 3. The van der Waals surface area contributed by atoms with Crippen LogP contribution in [0, 0.1) is 12.7 Å². The molecule has 228 valence electrons. The molecule has 2 heterocycles. The molecule has 1 unspecified atom stereocenters. The van der Waals surface area contributed by atoms with Crippen molar-refractivity contribution in [2.24, 2.45) is 12.8 Å². The summed E-state index contributed by atoms with van der Waals surface area (Å²) in [5, 5.41) is 4.04. The molecule has 44 heavy (non-hydrogen) atoms. The highest BCUT2D eigenvalue weighted by atomic mass is 35.5. The fraction of sp³-hybridized carbons (Fsp3) is 0.303. The largest absolute Gasteiger partial charge is 0.493 e. The zero-order valence-corrected chi connectivity index (χ0v) is 26.3. The van der Waals surface area contributed by atoms with Gasteiger partial charge in [0.2, 0.25) is 0 Å². The number of hydrogen-bond acceptors (Lipinski definition) is 6. The van der Waals surface area contributed by atoms with E-state index in [0.717, 1.165) is 65.0 Å². The van der Waals surface area contributed by atoms with Gasteiger partial charge >= 0.3 is 0 Å². The minimum Gasteiger partial charge on any atom is -0.493 e. The standard InChI is InChI=1S/C33H32Cl2FN5O3/c1-17-19(7-6-10-22(17)33(12-13-33)39-27-23(34)15-18(16-42)30(44-4)26(27)36)20-8-5-9-21(25(20)35)29-28-24(11-14-40(29)2)41(3)32(38-28)31(37)43/h5-10,15-16,29,39H,11-14H2,1-4H3,(H2,37,43). The molecule has 0 saturated heterocycles. The lowest BCUT2D eigenvalue weighted by Gasteiger charge is -2.33. The van der Waals surface area contributed by atoms with Crippen molar-refractivity contribution in [3.8, 4) is 16.9 Å². The van der Waals surface area contributed by atoms with E-state index in [2.05, 4.69) is 15.2 Å². The molecule has 1 amide bonds. The van der Waals surface area contributed by atoms with Crippen LogP contribution in [0.5, 0.6) is 5.75 Å². The molecule has 1 aliphatic carbocycles. The van der Waals surface area contributed by atoms with Crippen LogP contribution >= 0.6 is 23.2 Å². The van der Waals surface area contributed by atoms with Crippen molar-refractivity contribution in [3.63, 3.8) is 0 Å². The van der Waals surface area contributed by atoms with Gasteiger partial charge < -0.3 is 20.4 Å². The van der Waals surface area contributed by atoms with Crippen LogP contribution in [0.1, 0.15) is 67.9 Å².